The number of benzene rings is 2. The molecule has 0 radical (unpaired) electrons. The molecule has 0 saturated heterocycles. The highest BCUT2D eigenvalue weighted by Crippen LogP contribution is 2.41. The molecule has 2 aromatic rings. The van der Waals surface area contributed by atoms with Crippen LogP contribution in [0.5, 0.6) is 0 Å². The summed E-state index contributed by atoms with van der Waals surface area (Å²) in [6.45, 7) is 3.47. The Morgan fingerprint density at radius 3 is 2.12 bits per heavy atom. The van der Waals surface area contributed by atoms with Crippen LogP contribution in [-0.2, 0) is 0 Å². The molecule has 126 valence electrons. The van der Waals surface area contributed by atoms with Crippen LogP contribution in [0.4, 0.5) is 5.69 Å². The number of rotatable bonds is 6. The Morgan fingerprint density at radius 2 is 1.54 bits per heavy atom. The van der Waals surface area contributed by atoms with Gasteiger partial charge < -0.3 is 4.90 Å². The molecule has 1 unspecified atom stereocenters. The van der Waals surface area contributed by atoms with Crippen molar-refractivity contribution >= 4 is 11.3 Å². The van der Waals surface area contributed by atoms with Crippen LogP contribution in [0.3, 0.4) is 0 Å². The average molecular weight is 319 g/mol. The second-order valence-corrected chi connectivity index (χ2v) is 7.04. The predicted molar refractivity (Wildman–Crippen MR) is 105 cm³/mol. The lowest BCUT2D eigenvalue weighted by Gasteiger charge is -2.18. The first-order chi connectivity index (χ1) is 11.8. The van der Waals surface area contributed by atoms with Crippen molar-refractivity contribution < 1.29 is 0 Å². The third-order valence-corrected chi connectivity index (χ3v) is 4.80. The van der Waals surface area contributed by atoms with Crippen molar-refractivity contribution in [3.05, 3.63) is 72.3 Å². The minimum Gasteiger partial charge on any atom is -0.374 e. The first kappa shape index (κ1) is 16.8. The second-order valence-electron chi connectivity index (χ2n) is 7.04. The maximum Gasteiger partial charge on any atom is 0.0363 e. The van der Waals surface area contributed by atoms with E-state index in [1.165, 1.54) is 43.5 Å². The van der Waals surface area contributed by atoms with Crippen molar-refractivity contribution in [2.45, 2.75) is 32.6 Å². The highest BCUT2D eigenvalue weighted by Gasteiger charge is 2.24. The van der Waals surface area contributed by atoms with E-state index in [-0.39, 0.29) is 0 Å². The molecule has 1 atom stereocenters. The quantitative estimate of drug-likeness (QED) is 0.628. The van der Waals surface area contributed by atoms with Crippen molar-refractivity contribution in [1.82, 2.24) is 0 Å². The van der Waals surface area contributed by atoms with Crippen LogP contribution in [-0.4, -0.2) is 13.6 Å². The molecule has 0 aliphatic heterocycles. The van der Waals surface area contributed by atoms with Crippen molar-refractivity contribution in [2.24, 2.45) is 11.8 Å². The summed E-state index contributed by atoms with van der Waals surface area (Å²) in [5.41, 5.74) is 4.30. The van der Waals surface area contributed by atoms with Gasteiger partial charge in [-0.25, -0.2) is 0 Å². The Balaban J connectivity index is 0.000000141. The zero-order valence-corrected chi connectivity index (χ0v) is 15.0. The standard InChI is InChI=1S/C12H14.C11H15N/c1-2-6-11-9-12(11)10-7-4-3-5-8-10;1-12(9-10-7-8-10)11-5-3-2-4-6-11/h3-5,7-9,11H,2,6H2,1H3;2-6,10H,7-9H2,1H3. The summed E-state index contributed by atoms with van der Waals surface area (Å²) in [6.07, 6.45) is 7.84. The number of hydrogen-bond acceptors (Lipinski definition) is 1. The number of allylic oxidation sites excluding steroid dienone is 2. The molecular formula is C23H29N. The van der Waals surface area contributed by atoms with Crippen LogP contribution in [0.2, 0.25) is 0 Å². The third kappa shape index (κ3) is 4.99. The maximum atomic E-state index is 2.37. The van der Waals surface area contributed by atoms with Gasteiger partial charge in [0.2, 0.25) is 0 Å². The van der Waals surface area contributed by atoms with Gasteiger partial charge in [-0.05, 0) is 48.4 Å². The average Bonchev–Trinajstić information content (AvgIpc) is 3.54. The number of para-hydroxylation sites is 1. The monoisotopic (exact) mass is 319 g/mol. The molecule has 0 amide bonds. The fourth-order valence-electron chi connectivity index (χ4n) is 3.13. The molecule has 24 heavy (non-hydrogen) atoms. The Hall–Kier alpha value is -2.02. The predicted octanol–water partition coefficient (Wildman–Crippen LogP) is 6.03. The minimum absolute atomic E-state index is 0.789. The Kier molecular flexibility index (Phi) is 5.74. The summed E-state index contributed by atoms with van der Waals surface area (Å²) >= 11 is 0. The van der Waals surface area contributed by atoms with Gasteiger partial charge in [-0.3, -0.25) is 0 Å². The van der Waals surface area contributed by atoms with Gasteiger partial charge in [0.05, 0.1) is 0 Å². The van der Waals surface area contributed by atoms with E-state index >= 15 is 0 Å². The van der Waals surface area contributed by atoms with Crippen LogP contribution >= 0.6 is 0 Å². The minimum atomic E-state index is 0.789. The molecule has 0 heterocycles. The van der Waals surface area contributed by atoms with Crippen LogP contribution in [0, 0.1) is 11.8 Å². The molecule has 2 aliphatic carbocycles. The van der Waals surface area contributed by atoms with Gasteiger partial charge in [0, 0.05) is 25.2 Å². The van der Waals surface area contributed by atoms with E-state index in [0.717, 1.165) is 11.8 Å². The van der Waals surface area contributed by atoms with E-state index in [1.807, 2.05) is 0 Å². The summed E-state index contributed by atoms with van der Waals surface area (Å²) in [5.74, 6) is 1.76. The molecule has 1 saturated carbocycles. The SMILES string of the molecule is CCCC1C=C1c1ccccc1.CN(CC1CC1)c1ccccc1. The zero-order chi connectivity index (χ0) is 16.8. The molecule has 1 fully saturated rings. The van der Waals surface area contributed by atoms with Crippen LogP contribution < -0.4 is 4.90 Å². The zero-order valence-electron chi connectivity index (χ0n) is 15.0. The van der Waals surface area contributed by atoms with Gasteiger partial charge in [0.1, 0.15) is 0 Å². The summed E-state index contributed by atoms with van der Waals surface area (Å²) in [4.78, 5) is 2.34. The highest BCUT2D eigenvalue weighted by atomic mass is 15.1. The lowest BCUT2D eigenvalue weighted by atomic mass is 10.1. The summed E-state index contributed by atoms with van der Waals surface area (Å²) in [5, 5.41) is 0. The molecule has 2 aromatic carbocycles. The molecule has 1 heteroatoms. The summed E-state index contributed by atoms with van der Waals surface area (Å²) in [7, 11) is 2.17. The Morgan fingerprint density at radius 1 is 0.917 bits per heavy atom. The normalized spacial score (nSPS) is 18.2. The van der Waals surface area contributed by atoms with Crippen molar-refractivity contribution in [1.29, 1.82) is 0 Å². The second kappa shape index (κ2) is 8.19. The Labute approximate surface area is 147 Å². The lowest BCUT2D eigenvalue weighted by molar-refractivity contribution is 0.759. The van der Waals surface area contributed by atoms with E-state index in [4.69, 9.17) is 0 Å². The fraction of sp³-hybridized carbons (Fsp3) is 0.391. The van der Waals surface area contributed by atoms with Crippen molar-refractivity contribution in [2.75, 3.05) is 18.5 Å². The van der Waals surface area contributed by atoms with Gasteiger partial charge in [-0.2, -0.15) is 0 Å². The third-order valence-electron chi connectivity index (χ3n) is 4.80. The van der Waals surface area contributed by atoms with Gasteiger partial charge in [-0.15, -0.1) is 0 Å². The largest absolute Gasteiger partial charge is 0.374 e. The molecule has 0 bridgehead atoms. The first-order valence-corrected chi connectivity index (χ1v) is 9.31. The van der Waals surface area contributed by atoms with Gasteiger partial charge in [-0.1, -0.05) is 68.0 Å². The number of hydrogen-bond donors (Lipinski definition) is 0. The van der Waals surface area contributed by atoms with Crippen LogP contribution in [0.25, 0.3) is 5.57 Å². The smallest absolute Gasteiger partial charge is 0.0363 e. The molecule has 0 aromatic heterocycles. The lowest BCUT2D eigenvalue weighted by Crippen LogP contribution is -2.19. The molecule has 4 rings (SSSR count). The van der Waals surface area contributed by atoms with E-state index in [0.29, 0.717) is 0 Å². The van der Waals surface area contributed by atoms with Crippen LogP contribution in [0.15, 0.2) is 66.7 Å². The van der Waals surface area contributed by atoms with E-state index < -0.39 is 0 Å². The summed E-state index contributed by atoms with van der Waals surface area (Å²) in [6, 6.07) is 21.3. The molecule has 2 aliphatic rings. The molecular weight excluding hydrogens is 290 g/mol. The van der Waals surface area contributed by atoms with Crippen molar-refractivity contribution in [3.8, 4) is 0 Å². The maximum absolute atomic E-state index is 2.37. The van der Waals surface area contributed by atoms with E-state index in [2.05, 4.69) is 85.6 Å². The topological polar surface area (TPSA) is 3.24 Å². The van der Waals surface area contributed by atoms with Gasteiger partial charge in [0.25, 0.3) is 0 Å². The number of anilines is 1. The van der Waals surface area contributed by atoms with E-state index in [1.54, 1.807) is 5.57 Å². The molecule has 0 N–H and O–H groups in total. The number of nitrogens with zero attached hydrogens (tertiary/aromatic N) is 1. The highest BCUT2D eigenvalue weighted by molar-refractivity contribution is 5.80. The van der Waals surface area contributed by atoms with Gasteiger partial charge in [0.15, 0.2) is 0 Å². The summed E-state index contributed by atoms with van der Waals surface area (Å²) < 4.78 is 0. The van der Waals surface area contributed by atoms with E-state index in [9.17, 15) is 0 Å². The Bertz CT molecular complexity index is 640. The van der Waals surface area contributed by atoms with Crippen molar-refractivity contribution in [3.63, 3.8) is 0 Å². The molecule has 0 spiro atoms. The fourth-order valence-corrected chi connectivity index (χ4v) is 3.13. The first-order valence-electron chi connectivity index (χ1n) is 9.31. The van der Waals surface area contributed by atoms with Crippen LogP contribution in [0.1, 0.15) is 38.2 Å². The molecule has 1 nitrogen and oxygen atoms in total. The van der Waals surface area contributed by atoms with Gasteiger partial charge >= 0.3 is 0 Å².